The molecule has 0 bridgehead atoms. The summed E-state index contributed by atoms with van der Waals surface area (Å²) in [6, 6.07) is 3.54. The second-order valence-corrected chi connectivity index (χ2v) is 4.81. The number of carboxylic acid groups (broad SMARTS) is 1. The lowest BCUT2D eigenvalue weighted by molar-refractivity contribution is -0.145. The minimum absolute atomic E-state index is 0.186. The number of rotatable bonds is 4. The Kier molecular flexibility index (Phi) is 3.81. The van der Waals surface area contributed by atoms with Gasteiger partial charge in [-0.25, -0.2) is 0 Å². The van der Waals surface area contributed by atoms with Crippen molar-refractivity contribution in [2.24, 2.45) is 5.92 Å². The van der Waals surface area contributed by atoms with E-state index in [-0.39, 0.29) is 12.5 Å². The summed E-state index contributed by atoms with van der Waals surface area (Å²) in [4.78, 5) is 14.7. The molecule has 0 radical (unpaired) electrons. The number of aromatic nitrogens is 1. The van der Waals surface area contributed by atoms with Crippen LogP contribution < -0.4 is 4.74 Å². The summed E-state index contributed by atoms with van der Waals surface area (Å²) in [5.74, 6) is -0.486. The normalized spacial score (nSPS) is 27.7. The van der Waals surface area contributed by atoms with Crippen LogP contribution in [0, 0.1) is 5.92 Å². The average Bonchev–Trinajstić information content (AvgIpc) is 2.38. The van der Waals surface area contributed by atoms with E-state index in [1.807, 2.05) is 0 Å². The van der Waals surface area contributed by atoms with Crippen LogP contribution in [-0.2, 0) is 4.79 Å². The molecule has 0 aliphatic heterocycles. The predicted molar refractivity (Wildman–Crippen MR) is 64.3 cm³/mol. The largest absolute Gasteiger partial charge is 0.489 e. The van der Waals surface area contributed by atoms with E-state index >= 15 is 0 Å². The van der Waals surface area contributed by atoms with Crippen molar-refractivity contribution in [1.29, 1.82) is 0 Å². The van der Waals surface area contributed by atoms with Crippen molar-refractivity contribution in [3.8, 4) is 5.75 Å². The first kappa shape index (κ1) is 12.8. The van der Waals surface area contributed by atoms with E-state index in [4.69, 9.17) is 9.84 Å². The third-order valence-corrected chi connectivity index (χ3v) is 3.41. The van der Waals surface area contributed by atoms with Crippen LogP contribution in [0.3, 0.4) is 0 Å². The van der Waals surface area contributed by atoms with Gasteiger partial charge in [-0.2, -0.15) is 0 Å². The molecule has 5 heteroatoms. The van der Waals surface area contributed by atoms with Crippen molar-refractivity contribution in [2.45, 2.75) is 31.3 Å². The molecule has 0 spiro atoms. The van der Waals surface area contributed by atoms with E-state index in [9.17, 15) is 9.90 Å². The first-order valence-corrected chi connectivity index (χ1v) is 6.07. The molecule has 0 saturated heterocycles. The van der Waals surface area contributed by atoms with E-state index in [0.29, 0.717) is 31.4 Å². The second kappa shape index (κ2) is 5.35. The van der Waals surface area contributed by atoms with Gasteiger partial charge in [-0.05, 0) is 37.8 Å². The van der Waals surface area contributed by atoms with Gasteiger partial charge in [0.2, 0.25) is 0 Å². The molecule has 0 aromatic carbocycles. The zero-order chi connectivity index (χ0) is 13.0. The number of nitrogens with zero attached hydrogens (tertiary/aromatic N) is 1. The maximum atomic E-state index is 10.8. The summed E-state index contributed by atoms with van der Waals surface area (Å²) in [5, 5.41) is 19.2. The van der Waals surface area contributed by atoms with Crippen LogP contribution in [0.1, 0.15) is 25.7 Å². The van der Waals surface area contributed by atoms with Gasteiger partial charge in [-0.1, -0.05) is 0 Å². The molecule has 2 N–H and O–H groups in total. The molecule has 1 aliphatic carbocycles. The van der Waals surface area contributed by atoms with Crippen molar-refractivity contribution < 1.29 is 19.7 Å². The van der Waals surface area contributed by atoms with Gasteiger partial charge < -0.3 is 14.9 Å². The summed E-state index contributed by atoms with van der Waals surface area (Å²) in [7, 11) is 0. The average molecular weight is 251 g/mol. The van der Waals surface area contributed by atoms with E-state index in [0.717, 1.165) is 0 Å². The molecule has 1 aromatic heterocycles. The molecular formula is C13H17NO4. The number of hydrogen-bond acceptors (Lipinski definition) is 4. The van der Waals surface area contributed by atoms with Crippen molar-refractivity contribution >= 4 is 5.97 Å². The fourth-order valence-corrected chi connectivity index (χ4v) is 2.20. The Morgan fingerprint density at radius 1 is 1.50 bits per heavy atom. The smallest absolute Gasteiger partial charge is 0.306 e. The van der Waals surface area contributed by atoms with Gasteiger partial charge >= 0.3 is 5.97 Å². The summed E-state index contributed by atoms with van der Waals surface area (Å²) < 4.78 is 5.48. The summed E-state index contributed by atoms with van der Waals surface area (Å²) >= 11 is 0. The highest BCUT2D eigenvalue weighted by Crippen LogP contribution is 2.32. The lowest BCUT2D eigenvalue weighted by atomic mass is 9.79. The Labute approximate surface area is 105 Å². The molecule has 1 heterocycles. The Bertz CT molecular complexity index is 399. The third-order valence-electron chi connectivity index (χ3n) is 3.41. The number of pyridine rings is 1. The lowest BCUT2D eigenvalue weighted by Crippen LogP contribution is -2.41. The van der Waals surface area contributed by atoms with Crippen molar-refractivity contribution in [3.63, 3.8) is 0 Å². The number of carboxylic acids is 1. The minimum Gasteiger partial charge on any atom is -0.489 e. The SMILES string of the molecule is O=C(O)C1CCC(O)(COc2cccnc2)CC1. The molecule has 18 heavy (non-hydrogen) atoms. The van der Waals surface area contributed by atoms with E-state index in [1.165, 1.54) is 0 Å². The molecule has 1 aromatic rings. The van der Waals surface area contributed by atoms with Crippen LogP contribution in [0.25, 0.3) is 0 Å². The van der Waals surface area contributed by atoms with Gasteiger partial charge in [0, 0.05) is 6.20 Å². The van der Waals surface area contributed by atoms with E-state index < -0.39 is 11.6 Å². The van der Waals surface area contributed by atoms with Crippen LogP contribution in [0.4, 0.5) is 0 Å². The molecule has 1 aliphatic rings. The predicted octanol–water partition coefficient (Wildman–Crippen LogP) is 1.47. The van der Waals surface area contributed by atoms with Gasteiger partial charge in [0.25, 0.3) is 0 Å². The molecule has 2 rings (SSSR count). The maximum Gasteiger partial charge on any atom is 0.306 e. The van der Waals surface area contributed by atoms with Crippen LogP contribution in [0.2, 0.25) is 0 Å². The number of hydrogen-bond donors (Lipinski definition) is 2. The monoisotopic (exact) mass is 251 g/mol. The van der Waals surface area contributed by atoms with Crippen molar-refractivity contribution in [1.82, 2.24) is 4.98 Å². The van der Waals surface area contributed by atoms with Gasteiger partial charge in [0.1, 0.15) is 12.4 Å². The Morgan fingerprint density at radius 2 is 2.22 bits per heavy atom. The lowest BCUT2D eigenvalue weighted by Gasteiger charge is -2.34. The van der Waals surface area contributed by atoms with Crippen LogP contribution in [-0.4, -0.2) is 33.4 Å². The number of aliphatic carboxylic acids is 1. The highest BCUT2D eigenvalue weighted by atomic mass is 16.5. The maximum absolute atomic E-state index is 10.8. The molecule has 98 valence electrons. The standard InChI is InChI=1S/C13H17NO4/c15-12(16)10-3-5-13(17,6-4-10)9-18-11-2-1-7-14-8-11/h1-2,7-8,10,17H,3-6,9H2,(H,15,16). The summed E-state index contributed by atoms with van der Waals surface area (Å²) in [6.45, 7) is 0.186. The van der Waals surface area contributed by atoms with Crippen molar-refractivity contribution in [2.75, 3.05) is 6.61 Å². The molecule has 0 amide bonds. The topological polar surface area (TPSA) is 79.7 Å². The number of ether oxygens (including phenoxy) is 1. The zero-order valence-corrected chi connectivity index (χ0v) is 10.1. The highest BCUT2D eigenvalue weighted by Gasteiger charge is 2.36. The molecule has 1 saturated carbocycles. The molecule has 0 unspecified atom stereocenters. The van der Waals surface area contributed by atoms with Gasteiger partial charge in [-0.3, -0.25) is 9.78 Å². The Morgan fingerprint density at radius 3 is 2.78 bits per heavy atom. The third kappa shape index (κ3) is 3.20. The fraction of sp³-hybridized carbons (Fsp3) is 0.538. The Balaban J connectivity index is 1.85. The van der Waals surface area contributed by atoms with Gasteiger partial charge in [-0.15, -0.1) is 0 Å². The van der Waals surface area contributed by atoms with Gasteiger partial charge in [0.05, 0.1) is 17.7 Å². The molecule has 0 atom stereocenters. The van der Waals surface area contributed by atoms with Crippen LogP contribution in [0.5, 0.6) is 5.75 Å². The van der Waals surface area contributed by atoms with Crippen LogP contribution in [0.15, 0.2) is 24.5 Å². The quantitative estimate of drug-likeness (QED) is 0.847. The first-order valence-electron chi connectivity index (χ1n) is 6.07. The Hall–Kier alpha value is -1.62. The van der Waals surface area contributed by atoms with E-state index in [2.05, 4.69) is 4.98 Å². The molecule has 1 fully saturated rings. The summed E-state index contributed by atoms with van der Waals surface area (Å²) in [6.07, 6.45) is 5.17. The van der Waals surface area contributed by atoms with Crippen molar-refractivity contribution in [3.05, 3.63) is 24.5 Å². The number of aliphatic hydroxyl groups is 1. The first-order chi connectivity index (χ1) is 8.59. The van der Waals surface area contributed by atoms with Crippen LogP contribution >= 0.6 is 0 Å². The van der Waals surface area contributed by atoms with E-state index in [1.54, 1.807) is 24.5 Å². The minimum atomic E-state index is -0.915. The molecule has 5 nitrogen and oxygen atoms in total. The zero-order valence-electron chi connectivity index (χ0n) is 10.1. The number of carbonyl (C=O) groups is 1. The summed E-state index contributed by atoms with van der Waals surface area (Å²) in [5.41, 5.74) is -0.915. The van der Waals surface area contributed by atoms with Gasteiger partial charge in [0.15, 0.2) is 0 Å². The fourth-order valence-electron chi connectivity index (χ4n) is 2.20. The highest BCUT2D eigenvalue weighted by molar-refractivity contribution is 5.70. The molecular weight excluding hydrogens is 234 g/mol. The second-order valence-electron chi connectivity index (χ2n) is 4.81.